The van der Waals surface area contributed by atoms with Crippen LogP contribution in [-0.2, 0) is 6.42 Å². The maximum Gasteiger partial charge on any atom is 0.141 e. The lowest BCUT2D eigenvalue weighted by Gasteiger charge is -2.14. The Morgan fingerprint density at radius 3 is 2.60 bits per heavy atom. The Labute approximate surface area is 100 Å². The lowest BCUT2D eigenvalue weighted by atomic mass is 10.1. The predicted molar refractivity (Wildman–Crippen MR) is 65.0 cm³/mol. The number of nitrogens with two attached hydrogens (primary N) is 1. The van der Waals surface area contributed by atoms with E-state index >= 15 is 0 Å². The van der Waals surface area contributed by atoms with E-state index in [2.05, 4.69) is 0 Å². The lowest BCUT2D eigenvalue weighted by molar-refractivity contribution is 0.336. The normalized spacial score (nSPS) is 12.6. The van der Waals surface area contributed by atoms with Gasteiger partial charge in [-0.25, -0.2) is 0 Å². The molecule has 1 atom stereocenters. The molecule has 15 heavy (non-hydrogen) atoms. The molecule has 0 aliphatic heterocycles. The van der Waals surface area contributed by atoms with Crippen LogP contribution in [0.15, 0.2) is 12.1 Å². The fourth-order valence-corrected chi connectivity index (χ4v) is 2.01. The third-order valence-electron chi connectivity index (χ3n) is 1.92. The van der Waals surface area contributed by atoms with Gasteiger partial charge in [-0.15, -0.1) is 0 Å². The fourth-order valence-electron chi connectivity index (χ4n) is 1.42. The van der Waals surface area contributed by atoms with Crippen molar-refractivity contribution >= 4 is 23.2 Å². The number of rotatable bonds is 4. The molecule has 0 aliphatic rings. The topological polar surface area (TPSA) is 35.2 Å². The highest BCUT2D eigenvalue weighted by Crippen LogP contribution is 2.33. The molecule has 1 unspecified atom stereocenters. The molecule has 4 heteroatoms. The Bertz CT molecular complexity index is 340. The van der Waals surface area contributed by atoms with Crippen LogP contribution >= 0.6 is 23.2 Å². The zero-order chi connectivity index (χ0) is 11.4. The highest BCUT2D eigenvalue weighted by Gasteiger charge is 2.11. The third kappa shape index (κ3) is 3.56. The summed E-state index contributed by atoms with van der Waals surface area (Å²) >= 11 is 12.0. The summed E-state index contributed by atoms with van der Waals surface area (Å²) in [6.07, 6.45) is 0.704. The molecule has 84 valence electrons. The van der Waals surface area contributed by atoms with Crippen molar-refractivity contribution in [2.24, 2.45) is 5.73 Å². The standard InChI is InChI=1S/C11H15Cl2NO/c1-3-15-11-8(4-7(2)14)5-9(12)6-10(11)13/h5-7H,3-4,14H2,1-2H3. The number of halogens is 2. The molecular formula is C11H15Cl2NO. The molecule has 0 saturated heterocycles. The number of hydrogen-bond donors (Lipinski definition) is 1. The summed E-state index contributed by atoms with van der Waals surface area (Å²) in [6, 6.07) is 3.58. The first kappa shape index (κ1) is 12.6. The van der Waals surface area contributed by atoms with Crippen LogP contribution in [0.1, 0.15) is 19.4 Å². The van der Waals surface area contributed by atoms with Crippen LogP contribution < -0.4 is 10.5 Å². The summed E-state index contributed by atoms with van der Waals surface area (Å²) in [5, 5.41) is 1.15. The fraction of sp³-hybridized carbons (Fsp3) is 0.455. The van der Waals surface area contributed by atoms with Gasteiger partial charge in [-0.2, -0.15) is 0 Å². The molecular weight excluding hydrogens is 233 g/mol. The van der Waals surface area contributed by atoms with Crippen molar-refractivity contribution in [1.82, 2.24) is 0 Å². The van der Waals surface area contributed by atoms with E-state index in [-0.39, 0.29) is 6.04 Å². The van der Waals surface area contributed by atoms with Gasteiger partial charge in [-0.05, 0) is 38.0 Å². The predicted octanol–water partition coefficient (Wildman–Crippen LogP) is 3.28. The average Bonchev–Trinajstić information content (AvgIpc) is 2.10. The van der Waals surface area contributed by atoms with Gasteiger partial charge in [0.15, 0.2) is 0 Å². The van der Waals surface area contributed by atoms with E-state index < -0.39 is 0 Å². The van der Waals surface area contributed by atoms with Crippen molar-refractivity contribution in [3.8, 4) is 5.75 Å². The second-order valence-electron chi connectivity index (χ2n) is 3.49. The van der Waals surface area contributed by atoms with Crippen LogP contribution in [0, 0.1) is 0 Å². The van der Waals surface area contributed by atoms with E-state index in [1.54, 1.807) is 6.07 Å². The van der Waals surface area contributed by atoms with Crippen LogP contribution in [-0.4, -0.2) is 12.6 Å². The van der Waals surface area contributed by atoms with Crippen LogP contribution in [0.2, 0.25) is 10.0 Å². The summed E-state index contributed by atoms with van der Waals surface area (Å²) in [5.41, 5.74) is 6.71. The number of benzene rings is 1. The van der Waals surface area contributed by atoms with Crippen molar-refractivity contribution in [2.75, 3.05) is 6.61 Å². The highest BCUT2D eigenvalue weighted by molar-refractivity contribution is 6.35. The molecule has 1 aromatic rings. The molecule has 0 heterocycles. The second kappa shape index (κ2) is 5.59. The van der Waals surface area contributed by atoms with Crippen molar-refractivity contribution in [3.05, 3.63) is 27.7 Å². The largest absolute Gasteiger partial charge is 0.492 e. The number of hydrogen-bond acceptors (Lipinski definition) is 2. The first-order valence-electron chi connectivity index (χ1n) is 4.91. The summed E-state index contributed by atoms with van der Waals surface area (Å²) < 4.78 is 5.48. The molecule has 1 aromatic carbocycles. The van der Waals surface area contributed by atoms with E-state index in [1.165, 1.54) is 0 Å². The monoisotopic (exact) mass is 247 g/mol. The van der Waals surface area contributed by atoms with Gasteiger partial charge in [0, 0.05) is 11.1 Å². The van der Waals surface area contributed by atoms with Crippen LogP contribution in [0.25, 0.3) is 0 Å². The summed E-state index contributed by atoms with van der Waals surface area (Å²) in [7, 11) is 0. The Morgan fingerprint density at radius 2 is 2.07 bits per heavy atom. The zero-order valence-corrected chi connectivity index (χ0v) is 10.4. The Balaban J connectivity index is 3.08. The third-order valence-corrected chi connectivity index (χ3v) is 2.41. The quantitative estimate of drug-likeness (QED) is 0.887. The Kier molecular flexibility index (Phi) is 4.71. The molecule has 0 radical (unpaired) electrons. The van der Waals surface area contributed by atoms with Gasteiger partial charge >= 0.3 is 0 Å². The molecule has 0 aromatic heterocycles. The van der Waals surface area contributed by atoms with Crippen LogP contribution in [0.3, 0.4) is 0 Å². The molecule has 2 N–H and O–H groups in total. The SMILES string of the molecule is CCOc1c(Cl)cc(Cl)cc1CC(C)N. The highest BCUT2D eigenvalue weighted by atomic mass is 35.5. The smallest absolute Gasteiger partial charge is 0.141 e. The van der Waals surface area contributed by atoms with Gasteiger partial charge in [0.1, 0.15) is 5.75 Å². The van der Waals surface area contributed by atoms with Gasteiger partial charge in [0.25, 0.3) is 0 Å². The minimum atomic E-state index is 0.0544. The van der Waals surface area contributed by atoms with Crippen LogP contribution in [0.5, 0.6) is 5.75 Å². The van der Waals surface area contributed by atoms with E-state index in [4.69, 9.17) is 33.7 Å². The van der Waals surface area contributed by atoms with Crippen molar-refractivity contribution in [3.63, 3.8) is 0 Å². The number of ether oxygens (including phenoxy) is 1. The second-order valence-corrected chi connectivity index (χ2v) is 4.33. The molecule has 1 rings (SSSR count). The first-order valence-corrected chi connectivity index (χ1v) is 5.66. The van der Waals surface area contributed by atoms with E-state index in [9.17, 15) is 0 Å². The van der Waals surface area contributed by atoms with Gasteiger partial charge in [0.05, 0.1) is 11.6 Å². The van der Waals surface area contributed by atoms with E-state index in [0.717, 1.165) is 5.56 Å². The first-order chi connectivity index (χ1) is 7.04. The minimum absolute atomic E-state index is 0.0544. The van der Waals surface area contributed by atoms with Crippen molar-refractivity contribution < 1.29 is 4.74 Å². The summed E-state index contributed by atoms with van der Waals surface area (Å²) in [4.78, 5) is 0. The molecule has 0 amide bonds. The van der Waals surface area contributed by atoms with E-state index in [0.29, 0.717) is 28.8 Å². The molecule has 2 nitrogen and oxygen atoms in total. The lowest BCUT2D eigenvalue weighted by Crippen LogP contribution is -2.18. The average molecular weight is 248 g/mol. The Morgan fingerprint density at radius 1 is 1.40 bits per heavy atom. The molecule has 0 saturated carbocycles. The van der Waals surface area contributed by atoms with Gasteiger partial charge in [-0.1, -0.05) is 23.2 Å². The maximum absolute atomic E-state index is 6.05. The Hall–Kier alpha value is -0.440. The zero-order valence-electron chi connectivity index (χ0n) is 8.89. The van der Waals surface area contributed by atoms with Crippen molar-refractivity contribution in [2.45, 2.75) is 26.3 Å². The van der Waals surface area contributed by atoms with Crippen LogP contribution in [0.4, 0.5) is 0 Å². The van der Waals surface area contributed by atoms with Gasteiger partial charge < -0.3 is 10.5 Å². The summed E-state index contributed by atoms with van der Waals surface area (Å²) in [6.45, 7) is 4.43. The van der Waals surface area contributed by atoms with Gasteiger partial charge in [0.2, 0.25) is 0 Å². The summed E-state index contributed by atoms with van der Waals surface area (Å²) in [5.74, 6) is 0.695. The molecule has 0 fully saturated rings. The molecule has 0 bridgehead atoms. The minimum Gasteiger partial charge on any atom is -0.492 e. The maximum atomic E-state index is 6.05. The molecule has 0 spiro atoms. The van der Waals surface area contributed by atoms with E-state index in [1.807, 2.05) is 19.9 Å². The van der Waals surface area contributed by atoms with Crippen molar-refractivity contribution in [1.29, 1.82) is 0 Å². The van der Waals surface area contributed by atoms with Gasteiger partial charge in [-0.3, -0.25) is 0 Å². The molecule has 0 aliphatic carbocycles.